The van der Waals surface area contributed by atoms with Crippen molar-refractivity contribution >= 4 is 51.4 Å². The van der Waals surface area contributed by atoms with Crippen molar-refractivity contribution < 1.29 is 9.50 Å². The lowest BCUT2D eigenvalue weighted by Crippen LogP contribution is -2.38. The Bertz CT molecular complexity index is 895. The molecule has 0 spiro atoms. The third-order valence-electron chi connectivity index (χ3n) is 4.14. The fourth-order valence-corrected chi connectivity index (χ4v) is 3.73. The molecule has 0 bridgehead atoms. The Morgan fingerprint density at radius 2 is 1.96 bits per heavy atom. The first-order valence-electron chi connectivity index (χ1n) is 8.43. The SMILES string of the molecule is CN=C(NCc1ccc(F)c(C)c1)NCC(O)c1cc2ccccc2s1.I. The van der Waals surface area contributed by atoms with Crippen molar-refractivity contribution in [3.05, 3.63) is 70.4 Å². The molecule has 3 rings (SSSR count). The first-order chi connectivity index (χ1) is 12.6. The number of nitrogens with one attached hydrogen (secondary N) is 2. The van der Waals surface area contributed by atoms with Crippen molar-refractivity contribution in [3.63, 3.8) is 0 Å². The fourth-order valence-electron chi connectivity index (χ4n) is 2.68. The molecule has 1 heterocycles. The second-order valence-corrected chi connectivity index (χ2v) is 7.21. The minimum Gasteiger partial charge on any atom is -0.386 e. The van der Waals surface area contributed by atoms with E-state index >= 15 is 0 Å². The van der Waals surface area contributed by atoms with E-state index < -0.39 is 6.10 Å². The van der Waals surface area contributed by atoms with Gasteiger partial charge in [0.15, 0.2) is 5.96 Å². The van der Waals surface area contributed by atoms with Gasteiger partial charge in [0.2, 0.25) is 0 Å². The summed E-state index contributed by atoms with van der Waals surface area (Å²) in [5.41, 5.74) is 1.59. The molecule has 0 aliphatic heterocycles. The molecule has 1 atom stereocenters. The zero-order valence-electron chi connectivity index (χ0n) is 15.2. The van der Waals surface area contributed by atoms with E-state index in [1.807, 2.05) is 30.3 Å². The Kier molecular flexibility index (Phi) is 8.00. The lowest BCUT2D eigenvalue weighted by molar-refractivity contribution is 0.184. The third kappa shape index (κ3) is 5.63. The van der Waals surface area contributed by atoms with Crippen molar-refractivity contribution in [3.8, 4) is 0 Å². The van der Waals surface area contributed by atoms with Gasteiger partial charge in [-0.25, -0.2) is 4.39 Å². The van der Waals surface area contributed by atoms with E-state index in [4.69, 9.17) is 0 Å². The maximum Gasteiger partial charge on any atom is 0.191 e. The van der Waals surface area contributed by atoms with Gasteiger partial charge in [-0.2, -0.15) is 0 Å². The molecule has 4 nitrogen and oxygen atoms in total. The summed E-state index contributed by atoms with van der Waals surface area (Å²) in [6.45, 7) is 2.63. The molecule has 0 fully saturated rings. The van der Waals surface area contributed by atoms with Crippen molar-refractivity contribution in [1.29, 1.82) is 0 Å². The molecule has 3 aromatic rings. The van der Waals surface area contributed by atoms with Crippen LogP contribution in [0.15, 0.2) is 53.5 Å². The second-order valence-electron chi connectivity index (χ2n) is 6.09. The molecule has 0 aliphatic rings. The van der Waals surface area contributed by atoms with Gasteiger partial charge in [-0.1, -0.05) is 30.3 Å². The summed E-state index contributed by atoms with van der Waals surface area (Å²) < 4.78 is 14.5. The van der Waals surface area contributed by atoms with Crippen LogP contribution in [-0.4, -0.2) is 24.7 Å². The van der Waals surface area contributed by atoms with E-state index in [0.29, 0.717) is 24.6 Å². The number of guanidine groups is 1. The van der Waals surface area contributed by atoms with E-state index in [9.17, 15) is 9.50 Å². The number of aryl methyl sites for hydroxylation is 1. The summed E-state index contributed by atoms with van der Waals surface area (Å²) >= 11 is 1.59. The van der Waals surface area contributed by atoms with Crippen LogP contribution in [0, 0.1) is 12.7 Å². The average Bonchev–Trinajstić information content (AvgIpc) is 3.08. The predicted octanol–water partition coefficient (Wildman–Crippen LogP) is 4.37. The van der Waals surface area contributed by atoms with Crippen LogP contribution in [0.5, 0.6) is 0 Å². The summed E-state index contributed by atoms with van der Waals surface area (Å²) in [6.07, 6.45) is -0.612. The minimum atomic E-state index is -0.612. The van der Waals surface area contributed by atoms with Gasteiger partial charge in [-0.3, -0.25) is 4.99 Å². The number of aliphatic imine (C=N–C) groups is 1. The number of aliphatic hydroxyl groups excluding tert-OH is 1. The van der Waals surface area contributed by atoms with Gasteiger partial charge in [0.1, 0.15) is 11.9 Å². The molecule has 7 heteroatoms. The molecule has 0 radical (unpaired) electrons. The lowest BCUT2D eigenvalue weighted by atomic mass is 10.1. The Labute approximate surface area is 179 Å². The minimum absolute atomic E-state index is 0. The van der Waals surface area contributed by atoms with Crippen LogP contribution in [0.2, 0.25) is 0 Å². The van der Waals surface area contributed by atoms with Gasteiger partial charge in [-0.05, 0) is 41.6 Å². The van der Waals surface area contributed by atoms with Gasteiger partial charge in [0.05, 0.1) is 0 Å². The number of aliphatic hydroxyl groups is 1. The Balaban J connectivity index is 0.00000261. The van der Waals surface area contributed by atoms with E-state index in [1.165, 1.54) is 6.07 Å². The summed E-state index contributed by atoms with van der Waals surface area (Å²) in [5.74, 6) is 0.384. The molecule has 1 unspecified atom stereocenters. The number of benzene rings is 2. The maximum absolute atomic E-state index is 13.3. The summed E-state index contributed by atoms with van der Waals surface area (Å²) in [7, 11) is 1.68. The van der Waals surface area contributed by atoms with Crippen LogP contribution in [0.3, 0.4) is 0 Å². The number of nitrogens with zero attached hydrogens (tertiary/aromatic N) is 1. The van der Waals surface area contributed by atoms with Gasteiger partial charge < -0.3 is 15.7 Å². The molecule has 27 heavy (non-hydrogen) atoms. The Hall–Kier alpha value is -1.71. The molecule has 0 amide bonds. The highest BCUT2D eigenvalue weighted by Gasteiger charge is 2.12. The normalized spacial score (nSPS) is 12.5. The van der Waals surface area contributed by atoms with Crippen LogP contribution in [0.25, 0.3) is 10.1 Å². The van der Waals surface area contributed by atoms with E-state index in [-0.39, 0.29) is 29.8 Å². The predicted molar refractivity (Wildman–Crippen MR) is 122 cm³/mol. The van der Waals surface area contributed by atoms with Gasteiger partial charge in [-0.15, -0.1) is 35.3 Å². The molecule has 0 aliphatic carbocycles. The van der Waals surface area contributed by atoms with Crippen LogP contribution in [0.1, 0.15) is 22.1 Å². The van der Waals surface area contributed by atoms with Crippen molar-refractivity contribution in [2.24, 2.45) is 4.99 Å². The molecule has 144 valence electrons. The number of hydrogen-bond acceptors (Lipinski definition) is 3. The van der Waals surface area contributed by atoms with Gasteiger partial charge in [0.25, 0.3) is 0 Å². The van der Waals surface area contributed by atoms with E-state index in [0.717, 1.165) is 20.5 Å². The first kappa shape index (κ1) is 21.6. The number of halogens is 2. The zero-order valence-corrected chi connectivity index (χ0v) is 18.3. The molecule has 2 aromatic carbocycles. The summed E-state index contributed by atoms with van der Waals surface area (Å²) in [6, 6.07) is 15.1. The third-order valence-corrected chi connectivity index (χ3v) is 5.36. The molecule has 3 N–H and O–H groups in total. The first-order valence-corrected chi connectivity index (χ1v) is 9.24. The topological polar surface area (TPSA) is 56.7 Å². The zero-order chi connectivity index (χ0) is 18.5. The number of fused-ring (bicyclic) bond motifs is 1. The Morgan fingerprint density at radius 1 is 1.19 bits per heavy atom. The molecular weight excluding hydrogens is 476 g/mol. The number of rotatable bonds is 5. The highest BCUT2D eigenvalue weighted by Crippen LogP contribution is 2.29. The molecule has 0 saturated heterocycles. The van der Waals surface area contributed by atoms with Crippen molar-refractivity contribution in [2.75, 3.05) is 13.6 Å². The van der Waals surface area contributed by atoms with Crippen LogP contribution in [-0.2, 0) is 6.54 Å². The van der Waals surface area contributed by atoms with Crippen LogP contribution in [0.4, 0.5) is 4.39 Å². The number of thiophene rings is 1. The quantitative estimate of drug-likeness (QED) is 0.278. The van der Waals surface area contributed by atoms with Crippen molar-refractivity contribution in [1.82, 2.24) is 10.6 Å². The second kappa shape index (κ2) is 10.0. The average molecular weight is 499 g/mol. The standard InChI is InChI=1S/C20H22FN3OS.HI/c1-13-9-14(7-8-16(13)21)11-23-20(22-2)24-12-17(25)19-10-15-5-3-4-6-18(15)26-19;/h3-10,17,25H,11-12H2,1-2H3,(H2,22,23,24);1H. The van der Waals surface area contributed by atoms with Crippen LogP contribution >= 0.6 is 35.3 Å². The molecule has 0 saturated carbocycles. The van der Waals surface area contributed by atoms with Crippen LogP contribution < -0.4 is 10.6 Å². The highest BCUT2D eigenvalue weighted by molar-refractivity contribution is 14.0. The molecule has 1 aromatic heterocycles. The molecular formula is C20H23FIN3OS. The lowest BCUT2D eigenvalue weighted by Gasteiger charge is -2.15. The van der Waals surface area contributed by atoms with Crippen molar-refractivity contribution in [2.45, 2.75) is 19.6 Å². The van der Waals surface area contributed by atoms with Gasteiger partial charge in [0, 0.05) is 29.7 Å². The van der Waals surface area contributed by atoms with E-state index in [1.54, 1.807) is 31.4 Å². The highest BCUT2D eigenvalue weighted by atomic mass is 127. The van der Waals surface area contributed by atoms with E-state index in [2.05, 4.69) is 21.7 Å². The smallest absolute Gasteiger partial charge is 0.191 e. The summed E-state index contributed by atoms with van der Waals surface area (Å²) in [4.78, 5) is 5.08. The monoisotopic (exact) mass is 499 g/mol. The maximum atomic E-state index is 13.3. The fraction of sp³-hybridized carbons (Fsp3) is 0.250. The largest absolute Gasteiger partial charge is 0.386 e. The Morgan fingerprint density at radius 3 is 2.67 bits per heavy atom. The van der Waals surface area contributed by atoms with Gasteiger partial charge >= 0.3 is 0 Å². The summed E-state index contributed by atoms with van der Waals surface area (Å²) in [5, 5.41) is 17.9. The number of hydrogen-bond donors (Lipinski definition) is 3.